The second kappa shape index (κ2) is 11.4. The fraction of sp³-hybridized carbons (Fsp3) is 0.806. The third kappa shape index (κ3) is 4.56. The van der Waals surface area contributed by atoms with Crippen molar-refractivity contribution in [3.8, 4) is 0 Å². The first-order chi connectivity index (χ1) is 22.0. The van der Waals surface area contributed by atoms with Crippen molar-refractivity contribution in [1.82, 2.24) is 0 Å². The first kappa shape index (κ1) is 34.2. The minimum atomic E-state index is -2.55. The zero-order chi connectivity index (χ0) is 34.5. The van der Waals surface area contributed by atoms with Gasteiger partial charge in [-0.3, -0.25) is 9.59 Å². The highest BCUT2D eigenvalue weighted by Crippen LogP contribution is 2.72. The maximum Gasteiger partial charge on any atom is 0.348 e. The first-order valence-electron chi connectivity index (χ1n) is 15.8. The van der Waals surface area contributed by atoms with Crippen LogP contribution in [0.25, 0.3) is 0 Å². The summed E-state index contributed by atoms with van der Waals surface area (Å²) in [5.41, 5.74) is -5.38. The summed E-state index contributed by atoms with van der Waals surface area (Å²) in [5.74, 6) is -8.72. The van der Waals surface area contributed by atoms with E-state index < -0.39 is 132 Å². The molecule has 262 valence electrons. The van der Waals surface area contributed by atoms with Gasteiger partial charge >= 0.3 is 17.9 Å². The van der Waals surface area contributed by atoms with Gasteiger partial charge in [-0.05, 0) is 29.7 Å². The Balaban J connectivity index is 1.46. The number of carboxylic acids is 1. The molecule has 0 aromatic rings. The molecule has 47 heavy (non-hydrogen) atoms. The van der Waals surface area contributed by atoms with E-state index in [0.29, 0.717) is 0 Å². The van der Waals surface area contributed by atoms with Gasteiger partial charge in [-0.1, -0.05) is 27.7 Å². The molecule has 2 saturated carbocycles. The van der Waals surface area contributed by atoms with Gasteiger partial charge in [0.2, 0.25) is 18.0 Å². The second-order valence-corrected chi connectivity index (χ2v) is 14.5. The molecule has 3 aliphatic carbocycles. The van der Waals surface area contributed by atoms with Crippen molar-refractivity contribution in [2.75, 3.05) is 13.2 Å². The monoisotopic (exact) mass is 670 g/mol. The molecule has 3 saturated heterocycles. The number of hydrogen-bond acceptors (Lipinski definition) is 15. The van der Waals surface area contributed by atoms with Crippen LogP contribution in [-0.4, -0.2) is 133 Å². The number of carbonyl (C=O) groups excluding carboxylic acids is 3. The molecule has 0 amide bonds. The van der Waals surface area contributed by atoms with Crippen LogP contribution >= 0.6 is 0 Å². The molecule has 5 fully saturated rings. The van der Waals surface area contributed by atoms with Crippen LogP contribution in [0.5, 0.6) is 0 Å². The van der Waals surface area contributed by atoms with Gasteiger partial charge in [0.05, 0.1) is 25.2 Å². The van der Waals surface area contributed by atoms with Crippen LogP contribution in [0.4, 0.5) is 0 Å². The van der Waals surface area contributed by atoms with Crippen molar-refractivity contribution < 1.29 is 78.6 Å². The fourth-order valence-corrected chi connectivity index (χ4v) is 9.56. The largest absolute Gasteiger partial charge is 0.479 e. The standard InChI is InChI=1S/C31H42O16/c1-10(2)5-16(33)47-22-24-30-9-43-31(24,28(41)42)25(39)21(38)23(30)29(4)7-13(17(34)11(3)12(29)6-15(30)46-26(22)40)44-27-20(37)19(36)18(35)14(8-32)45-27/h7,10-12,14-15,18-25,27,32,35-39H,5-6,8-9H2,1-4H3,(H,41,42)/t11-,12-,14?,15+,18?,19?,20?,21+,22+,23+,24+,25-,27?,29-,30+,31-/m0/s1. The Morgan fingerprint density at radius 1 is 1.04 bits per heavy atom. The molecule has 3 heterocycles. The van der Waals surface area contributed by atoms with Crippen LogP contribution in [0.15, 0.2) is 11.8 Å². The average molecular weight is 671 g/mol. The zero-order valence-corrected chi connectivity index (χ0v) is 26.3. The number of esters is 2. The van der Waals surface area contributed by atoms with Crippen molar-refractivity contribution in [1.29, 1.82) is 0 Å². The van der Waals surface area contributed by atoms with Gasteiger partial charge in [-0.25, -0.2) is 9.59 Å². The van der Waals surface area contributed by atoms with E-state index in [4.69, 9.17) is 23.7 Å². The van der Waals surface area contributed by atoms with Crippen molar-refractivity contribution in [2.24, 2.45) is 40.4 Å². The third-order valence-corrected chi connectivity index (χ3v) is 11.6. The number of carbonyl (C=O) groups is 4. The summed E-state index contributed by atoms with van der Waals surface area (Å²) in [6, 6.07) is 0. The van der Waals surface area contributed by atoms with Crippen LogP contribution in [0.2, 0.25) is 0 Å². The number of ketones is 1. The quantitative estimate of drug-likeness (QED) is 0.140. The fourth-order valence-electron chi connectivity index (χ4n) is 9.56. The number of aliphatic hydroxyl groups is 6. The molecule has 0 aromatic carbocycles. The number of ether oxygens (including phenoxy) is 5. The molecule has 5 unspecified atom stereocenters. The van der Waals surface area contributed by atoms with Gasteiger partial charge in [-0.2, -0.15) is 0 Å². The summed E-state index contributed by atoms with van der Waals surface area (Å²) in [6.07, 6.45) is -13.8. The smallest absolute Gasteiger partial charge is 0.348 e. The molecule has 1 spiro atoms. The third-order valence-electron chi connectivity index (χ3n) is 11.6. The highest BCUT2D eigenvalue weighted by Gasteiger charge is 2.85. The Hall–Kier alpha value is -2.70. The van der Waals surface area contributed by atoms with E-state index >= 15 is 0 Å². The Morgan fingerprint density at radius 3 is 2.34 bits per heavy atom. The number of carboxylic acid groups (broad SMARTS) is 1. The molecule has 3 aliphatic heterocycles. The molecule has 0 radical (unpaired) electrons. The molecular formula is C31H42O16. The predicted octanol–water partition coefficient (Wildman–Crippen LogP) is -2.38. The van der Waals surface area contributed by atoms with Gasteiger partial charge in [0.1, 0.15) is 36.6 Å². The molecule has 16 nitrogen and oxygen atoms in total. The lowest BCUT2D eigenvalue weighted by atomic mass is 9.38. The highest BCUT2D eigenvalue weighted by atomic mass is 16.7. The summed E-state index contributed by atoms with van der Waals surface area (Å²) in [6.45, 7) is 5.63. The Kier molecular flexibility index (Phi) is 8.32. The molecule has 0 aromatic heterocycles. The summed E-state index contributed by atoms with van der Waals surface area (Å²) in [4.78, 5) is 53.1. The summed E-state index contributed by atoms with van der Waals surface area (Å²) in [5, 5.41) is 74.7. The topological polar surface area (TPSA) is 256 Å². The number of hydrogen-bond donors (Lipinski definition) is 7. The summed E-state index contributed by atoms with van der Waals surface area (Å²) < 4.78 is 28.7. The van der Waals surface area contributed by atoms with Crippen molar-refractivity contribution >= 4 is 23.7 Å². The second-order valence-electron chi connectivity index (χ2n) is 14.5. The molecule has 6 rings (SSSR count). The van der Waals surface area contributed by atoms with Crippen molar-refractivity contribution in [3.63, 3.8) is 0 Å². The molecule has 16 atom stereocenters. The van der Waals surface area contributed by atoms with E-state index in [1.54, 1.807) is 27.7 Å². The van der Waals surface area contributed by atoms with E-state index in [2.05, 4.69) is 0 Å². The number of rotatable bonds is 7. The van der Waals surface area contributed by atoms with Crippen LogP contribution in [-0.2, 0) is 42.9 Å². The Labute approximate surface area is 269 Å². The van der Waals surface area contributed by atoms with Gasteiger partial charge in [0.15, 0.2) is 11.5 Å². The number of fused-ring (bicyclic) bond motifs is 2. The van der Waals surface area contributed by atoms with Crippen LogP contribution in [0, 0.1) is 40.4 Å². The van der Waals surface area contributed by atoms with Gasteiger partial charge in [0, 0.05) is 23.7 Å². The summed E-state index contributed by atoms with van der Waals surface area (Å²) >= 11 is 0. The zero-order valence-electron chi connectivity index (χ0n) is 26.3. The maximum atomic E-state index is 13.7. The molecule has 6 aliphatic rings. The normalized spacial score (nSPS) is 50.2. The number of Topliss-reactive ketones (excluding diaryl/α,β-unsaturated/α-hetero) is 1. The first-order valence-corrected chi connectivity index (χ1v) is 15.8. The number of allylic oxidation sites excluding steroid dienone is 2. The lowest BCUT2D eigenvalue weighted by Crippen LogP contribution is -2.79. The average Bonchev–Trinajstić information content (AvgIpc) is 3.31. The number of aliphatic carboxylic acids is 1. The Bertz CT molecular complexity index is 1360. The van der Waals surface area contributed by atoms with Gasteiger partial charge < -0.3 is 59.4 Å². The van der Waals surface area contributed by atoms with Crippen LogP contribution < -0.4 is 0 Å². The molecular weight excluding hydrogens is 628 g/mol. The van der Waals surface area contributed by atoms with E-state index in [1.165, 1.54) is 6.08 Å². The minimum Gasteiger partial charge on any atom is -0.479 e. The summed E-state index contributed by atoms with van der Waals surface area (Å²) in [7, 11) is 0. The van der Waals surface area contributed by atoms with Gasteiger partial charge in [-0.15, -0.1) is 0 Å². The van der Waals surface area contributed by atoms with E-state index in [9.17, 15) is 54.9 Å². The van der Waals surface area contributed by atoms with E-state index in [-0.39, 0.29) is 24.5 Å². The van der Waals surface area contributed by atoms with Crippen LogP contribution in [0.3, 0.4) is 0 Å². The van der Waals surface area contributed by atoms with E-state index in [0.717, 1.165) is 0 Å². The minimum absolute atomic E-state index is 0.0144. The number of aliphatic hydroxyl groups excluding tert-OH is 6. The molecule has 7 N–H and O–H groups in total. The van der Waals surface area contributed by atoms with Crippen molar-refractivity contribution in [3.05, 3.63) is 11.8 Å². The van der Waals surface area contributed by atoms with Gasteiger partial charge in [0.25, 0.3) is 0 Å². The molecule has 2 bridgehead atoms. The SMILES string of the molecule is CC(C)CC(=O)O[C@H]1C(=O)O[C@@H]2C[C@H]3[C@H](C)C(=O)C(OC4OC(CO)C(O)C(O)C4O)=C[C@]3(C)[C@H]3[C@@H](O)[C@H](O)[C@@]4(C(=O)O)OC[C@]32[C@@H]14. The molecule has 16 heteroatoms. The Morgan fingerprint density at radius 2 is 1.72 bits per heavy atom. The lowest BCUT2D eigenvalue weighted by Gasteiger charge is -2.67. The highest BCUT2D eigenvalue weighted by molar-refractivity contribution is 5.96. The van der Waals surface area contributed by atoms with Crippen LogP contribution in [0.1, 0.15) is 40.5 Å². The lowest BCUT2D eigenvalue weighted by molar-refractivity contribution is -0.296. The van der Waals surface area contributed by atoms with Crippen molar-refractivity contribution in [2.45, 2.75) is 101 Å². The predicted molar refractivity (Wildman–Crippen MR) is 150 cm³/mol. The maximum absolute atomic E-state index is 13.7. The van der Waals surface area contributed by atoms with E-state index in [1.807, 2.05) is 0 Å².